The summed E-state index contributed by atoms with van der Waals surface area (Å²) in [6.45, 7) is 6.65. The van der Waals surface area contributed by atoms with E-state index in [9.17, 15) is 4.79 Å². The van der Waals surface area contributed by atoms with Crippen LogP contribution < -0.4 is 11.1 Å². The van der Waals surface area contributed by atoms with Gasteiger partial charge in [-0.15, -0.1) is 12.4 Å². The number of nitrogens with one attached hydrogen (secondary N) is 1. The summed E-state index contributed by atoms with van der Waals surface area (Å²) in [5.74, 6) is 0.168. The van der Waals surface area contributed by atoms with Gasteiger partial charge in [0.05, 0.1) is 12.0 Å². The van der Waals surface area contributed by atoms with Gasteiger partial charge in [0.1, 0.15) is 0 Å². The quantitative estimate of drug-likeness (QED) is 0.825. The van der Waals surface area contributed by atoms with Crippen LogP contribution in [0.2, 0.25) is 0 Å². The molecule has 0 saturated heterocycles. The molecule has 2 unspecified atom stereocenters. The third kappa shape index (κ3) is 5.08. The molecule has 0 spiro atoms. The molecule has 2 atom stereocenters. The average molecular weight is 347 g/mol. The van der Waals surface area contributed by atoms with Crippen LogP contribution in [0.4, 0.5) is 0 Å². The van der Waals surface area contributed by atoms with E-state index in [-0.39, 0.29) is 30.3 Å². The third-order valence-electron chi connectivity index (χ3n) is 4.22. The van der Waals surface area contributed by atoms with Crippen molar-refractivity contribution in [3.63, 3.8) is 0 Å². The first-order valence-corrected chi connectivity index (χ1v) is 8.18. The Hall–Kier alpha value is -1.84. The minimum absolute atomic E-state index is 0. The Balaban J connectivity index is 0.00000288. The molecule has 0 aliphatic carbocycles. The summed E-state index contributed by atoms with van der Waals surface area (Å²) < 4.78 is 0. The van der Waals surface area contributed by atoms with E-state index >= 15 is 0 Å². The predicted molar refractivity (Wildman–Crippen MR) is 103 cm³/mol. The van der Waals surface area contributed by atoms with E-state index in [0.717, 1.165) is 11.1 Å². The fraction of sp³-hybridized carbons (Fsp3) is 0.350. The molecule has 2 aromatic rings. The second-order valence-electron chi connectivity index (χ2n) is 6.25. The highest BCUT2D eigenvalue weighted by Gasteiger charge is 2.20. The third-order valence-corrected chi connectivity index (χ3v) is 4.22. The Kier molecular flexibility index (Phi) is 7.96. The van der Waals surface area contributed by atoms with Crippen molar-refractivity contribution in [3.8, 4) is 0 Å². The molecular weight excluding hydrogens is 320 g/mol. The molecule has 0 saturated carbocycles. The average Bonchev–Trinajstić information content (AvgIpc) is 2.56. The number of benzene rings is 2. The molecule has 3 N–H and O–H groups in total. The molecule has 0 aliphatic rings. The van der Waals surface area contributed by atoms with Gasteiger partial charge in [0.2, 0.25) is 5.91 Å². The molecule has 0 aromatic heterocycles. The Morgan fingerprint density at radius 2 is 1.46 bits per heavy atom. The summed E-state index contributed by atoms with van der Waals surface area (Å²) in [5, 5.41) is 3.08. The Bertz CT molecular complexity index is 626. The van der Waals surface area contributed by atoms with E-state index in [1.807, 2.05) is 37.3 Å². The van der Waals surface area contributed by atoms with Gasteiger partial charge in [0, 0.05) is 6.54 Å². The number of nitrogens with two attached hydrogens (primary N) is 1. The molecule has 0 bridgehead atoms. The van der Waals surface area contributed by atoms with Crippen LogP contribution in [0.25, 0.3) is 0 Å². The summed E-state index contributed by atoms with van der Waals surface area (Å²) in [6, 6.07) is 18.1. The van der Waals surface area contributed by atoms with Crippen LogP contribution >= 0.6 is 12.4 Å². The molecule has 0 fully saturated rings. The van der Waals surface area contributed by atoms with Crippen LogP contribution in [0.15, 0.2) is 54.6 Å². The first-order valence-electron chi connectivity index (χ1n) is 8.18. The lowest BCUT2D eigenvalue weighted by atomic mass is 9.96. The summed E-state index contributed by atoms with van der Waals surface area (Å²) in [5.41, 5.74) is 9.17. The molecule has 24 heavy (non-hydrogen) atoms. The smallest absolute Gasteiger partial charge is 0.229 e. The molecule has 3 nitrogen and oxygen atoms in total. The van der Waals surface area contributed by atoms with Crippen LogP contribution in [0.3, 0.4) is 0 Å². The maximum absolute atomic E-state index is 12.5. The van der Waals surface area contributed by atoms with Crippen LogP contribution in [-0.2, 0) is 4.79 Å². The van der Waals surface area contributed by atoms with Crippen molar-refractivity contribution in [2.45, 2.75) is 38.6 Å². The van der Waals surface area contributed by atoms with E-state index in [0.29, 0.717) is 12.5 Å². The number of hydrogen-bond acceptors (Lipinski definition) is 2. The van der Waals surface area contributed by atoms with Gasteiger partial charge in [-0.1, -0.05) is 68.4 Å². The van der Waals surface area contributed by atoms with Crippen molar-refractivity contribution in [3.05, 3.63) is 71.3 Å². The molecule has 1 amide bonds. The molecule has 0 radical (unpaired) electrons. The van der Waals surface area contributed by atoms with Gasteiger partial charge in [-0.05, 0) is 29.5 Å². The van der Waals surface area contributed by atoms with Gasteiger partial charge in [-0.2, -0.15) is 0 Å². The van der Waals surface area contributed by atoms with Crippen molar-refractivity contribution >= 4 is 18.3 Å². The van der Waals surface area contributed by atoms with Crippen LogP contribution in [-0.4, -0.2) is 12.5 Å². The van der Waals surface area contributed by atoms with Gasteiger partial charge in [-0.3, -0.25) is 4.79 Å². The van der Waals surface area contributed by atoms with Crippen LogP contribution in [0.5, 0.6) is 0 Å². The van der Waals surface area contributed by atoms with Gasteiger partial charge in [0.25, 0.3) is 0 Å². The first kappa shape index (κ1) is 20.2. The fourth-order valence-corrected chi connectivity index (χ4v) is 2.65. The van der Waals surface area contributed by atoms with Gasteiger partial charge in [-0.25, -0.2) is 0 Å². The number of amides is 1. The minimum Gasteiger partial charge on any atom is -0.349 e. The highest BCUT2D eigenvalue weighted by Crippen LogP contribution is 2.20. The Morgan fingerprint density at radius 3 is 1.96 bits per heavy atom. The number of hydrogen-bond donors (Lipinski definition) is 2. The monoisotopic (exact) mass is 346 g/mol. The molecule has 130 valence electrons. The molecule has 4 heteroatoms. The largest absolute Gasteiger partial charge is 0.349 e. The SMILES string of the molecule is CC(C)c1ccc(C(C)NC(=O)C(CN)c2ccccc2)cc1.Cl. The van der Waals surface area contributed by atoms with E-state index in [2.05, 4.69) is 43.4 Å². The van der Waals surface area contributed by atoms with E-state index in [1.165, 1.54) is 5.56 Å². The van der Waals surface area contributed by atoms with Crippen LogP contribution in [0.1, 0.15) is 55.3 Å². The number of halogens is 1. The number of carbonyl (C=O) groups is 1. The predicted octanol–water partition coefficient (Wildman–Crippen LogP) is 4.15. The van der Waals surface area contributed by atoms with Crippen molar-refractivity contribution < 1.29 is 4.79 Å². The van der Waals surface area contributed by atoms with Gasteiger partial charge in [0.15, 0.2) is 0 Å². The second kappa shape index (κ2) is 9.45. The number of rotatable bonds is 6. The maximum atomic E-state index is 12.5. The highest BCUT2D eigenvalue weighted by atomic mass is 35.5. The van der Waals surface area contributed by atoms with E-state index < -0.39 is 0 Å². The molecular formula is C20H27ClN2O. The van der Waals surface area contributed by atoms with Crippen molar-refractivity contribution in [1.29, 1.82) is 0 Å². The minimum atomic E-state index is -0.311. The van der Waals surface area contributed by atoms with E-state index in [1.54, 1.807) is 0 Å². The van der Waals surface area contributed by atoms with Crippen molar-refractivity contribution in [2.24, 2.45) is 5.73 Å². The topological polar surface area (TPSA) is 55.1 Å². The lowest BCUT2D eigenvalue weighted by Gasteiger charge is -2.20. The summed E-state index contributed by atoms with van der Waals surface area (Å²) in [6.07, 6.45) is 0. The molecule has 0 aliphatic heterocycles. The maximum Gasteiger partial charge on any atom is 0.229 e. The zero-order valence-electron chi connectivity index (χ0n) is 14.5. The van der Waals surface area contributed by atoms with Gasteiger partial charge < -0.3 is 11.1 Å². The highest BCUT2D eigenvalue weighted by molar-refractivity contribution is 5.85. The molecule has 0 heterocycles. The molecule has 2 rings (SSSR count). The Morgan fingerprint density at radius 1 is 0.917 bits per heavy atom. The number of carbonyl (C=O) groups excluding carboxylic acids is 1. The molecule has 2 aromatic carbocycles. The lowest BCUT2D eigenvalue weighted by molar-refractivity contribution is -0.123. The Labute approximate surface area is 151 Å². The zero-order valence-corrected chi connectivity index (χ0v) is 15.3. The fourth-order valence-electron chi connectivity index (χ4n) is 2.65. The lowest BCUT2D eigenvalue weighted by Crippen LogP contribution is -2.35. The summed E-state index contributed by atoms with van der Waals surface area (Å²) >= 11 is 0. The van der Waals surface area contributed by atoms with Gasteiger partial charge >= 0.3 is 0 Å². The zero-order chi connectivity index (χ0) is 16.8. The second-order valence-corrected chi connectivity index (χ2v) is 6.25. The normalized spacial score (nSPS) is 13.0. The van der Waals surface area contributed by atoms with Crippen molar-refractivity contribution in [2.75, 3.05) is 6.54 Å². The first-order chi connectivity index (χ1) is 11.0. The summed E-state index contributed by atoms with van der Waals surface area (Å²) in [4.78, 5) is 12.5. The van der Waals surface area contributed by atoms with Crippen molar-refractivity contribution in [1.82, 2.24) is 5.32 Å². The van der Waals surface area contributed by atoms with E-state index in [4.69, 9.17) is 5.73 Å². The summed E-state index contributed by atoms with van der Waals surface area (Å²) in [7, 11) is 0. The standard InChI is InChI=1S/C20H26N2O.ClH/c1-14(2)16-9-11-17(12-10-16)15(3)22-20(23)19(13-21)18-7-5-4-6-8-18;/h4-12,14-15,19H,13,21H2,1-3H3,(H,22,23);1H. The van der Waals surface area contributed by atoms with Crippen LogP contribution in [0, 0.1) is 0 Å².